The van der Waals surface area contributed by atoms with Gasteiger partial charge < -0.3 is 10.6 Å². The zero-order chi connectivity index (χ0) is 12.6. The summed E-state index contributed by atoms with van der Waals surface area (Å²) in [7, 11) is 0. The molecule has 1 saturated heterocycles. The smallest absolute Gasteiger partial charge is 0.237 e. The van der Waals surface area contributed by atoms with Gasteiger partial charge in [-0.1, -0.05) is 24.6 Å². The number of nitrogens with one attached hydrogen (secondary N) is 2. The van der Waals surface area contributed by atoms with Gasteiger partial charge in [-0.2, -0.15) is 0 Å². The molecule has 1 aliphatic heterocycles. The molecule has 1 amide bonds. The number of hydrogen-bond donors (Lipinski definition) is 2. The third kappa shape index (κ3) is 5.85. The van der Waals surface area contributed by atoms with Crippen molar-refractivity contribution in [2.24, 2.45) is 0 Å². The zero-order valence-electron chi connectivity index (χ0n) is 10.9. The Morgan fingerprint density at radius 1 is 1.32 bits per heavy atom. The van der Waals surface area contributed by atoms with E-state index in [0.717, 1.165) is 31.7 Å². The lowest BCUT2D eigenvalue weighted by Crippen LogP contribution is -2.47. The van der Waals surface area contributed by atoms with Gasteiger partial charge in [0.15, 0.2) is 0 Å². The number of carbonyl (C=O) groups excluding carboxylic acids is 1. The van der Waals surface area contributed by atoms with E-state index in [2.05, 4.69) is 22.8 Å². The maximum absolute atomic E-state index is 11.8. The first-order chi connectivity index (χ1) is 8.86. The second-order valence-electron chi connectivity index (χ2n) is 4.46. The average molecular weight is 301 g/mol. The predicted octanol–water partition coefficient (Wildman–Crippen LogP) is 2.46. The topological polar surface area (TPSA) is 41.1 Å². The van der Waals surface area contributed by atoms with Crippen LogP contribution in [0.1, 0.15) is 19.3 Å². The average Bonchev–Trinajstić information content (AvgIpc) is 2.45. The Bertz CT molecular complexity index is 369. The van der Waals surface area contributed by atoms with Gasteiger partial charge in [-0.15, -0.1) is 24.2 Å². The molecule has 2 N–H and O–H groups in total. The van der Waals surface area contributed by atoms with Crippen LogP contribution in [0.25, 0.3) is 0 Å². The Labute approximate surface area is 125 Å². The van der Waals surface area contributed by atoms with Gasteiger partial charge in [0.25, 0.3) is 0 Å². The highest BCUT2D eigenvalue weighted by Gasteiger charge is 2.19. The van der Waals surface area contributed by atoms with Gasteiger partial charge in [-0.05, 0) is 31.5 Å². The first-order valence-corrected chi connectivity index (χ1v) is 7.54. The third-order valence-corrected chi connectivity index (χ3v) is 4.05. The Balaban J connectivity index is 0.00000180. The Morgan fingerprint density at radius 3 is 2.79 bits per heavy atom. The van der Waals surface area contributed by atoms with Gasteiger partial charge >= 0.3 is 0 Å². The summed E-state index contributed by atoms with van der Waals surface area (Å²) in [5, 5.41) is 6.26. The number of hydrogen-bond acceptors (Lipinski definition) is 3. The molecule has 0 saturated carbocycles. The minimum absolute atomic E-state index is 0. The number of piperidine rings is 1. The van der Waals surface area contributed by atoms with Crippen LogP contribution in [0.3, 0.4) is 0 Å². The van der Waals surface area contributed by atoms with Crippen molar-refractivity contribution < 1.29 is 4.79 Å². The molecular weight excluding hydrogens is 280 g/mol. The largest absolute Gasteiger partial charge is 0.354 e. The van der Waals surface area contributed by atoms with E-state index in [1.165, 1.54) is 11.3 Å². The maximum atomic E-state index is 11.8. The molecule has 1 aromatic rings. The molecular formula is C14H21ClN2OS. The zero-order valence-corrected chi connectivity index (χ0v) is 12.6. The van der Waals surface area contributed by atoms with Gasteiger partial charge in [-0.25, -0.2) is 0 Å². The lowest BCUT2D eigenvalue weighted by atomic mass is 10.0. The Morgan fingerprint density at radius 2 is 2.11 bits per heavy atom. The number of rotatable bonds is 5. The molecule has 3 nitrogen and oxygen atoms in total. The van der Waals surface area contributed by atoms with Crippen LogP contribution >= 0.6 is 24.2 Å². The van der Waals surface area contributed by atoms with Crippen molar-refractivity contribution in [3.8, 4) is 0 Å². The van der Waals surface area contributed by atoms with Gasteiger partial charge in [0.05, 0.1) is 6.04 Å². The molecule has 1 fully saturated rings. The molecule has 5 heteroatoms. The monoisotopic (exact) mass is 300 g/mol. The standard InChI is InChI=1S/C14H20N2OS.ClH/c17-14(13-8-4-5-9-15-13)16-10-11-18-12-6-2-1-3-7-12;/h1-3,6-7,13,15H,4-5,8-11H2,(H,16,17);1H. The predicted molar refractivity (Wildman–Crippen MR) is 83.1 cm³/mol. The molecule has 0 aromatic heterocycles. The van der Waals surface area contributed by atoms with Crippen molar-refractivity contribution in [2.75, 3.05) is 18.8 Å². The summed E-state index contributed by atoms with van der Waals surface area (Å²) in [5.41, 5.74) is 0. The van der Waals surface area contributed by atoms with Crippen molar-refractivity contribution in [2.45, 2.75) is 30.2 Å². The first-order valence-electron chi connectivity index (χ1n) is 6.55. The summed E-state index contributed by atoms with van der Waals surface area (Å²) in [4.78, 5) is 13.1. The lowest BCUT2D eigenvalue weighted by Gasteiger charge is -2.22. The molecule has 1 heterocycles. The van der Waals surface area contributed by atoms with Gasteiger partial charge in [0.1, 0.15) is 0 Å². The summed E-state index contributed by atoms with van der Waals surface area (Å²) in [6, 6.07) is 10.3. The van der Waals surface area contributed by atoms with Crippen LogP contribution < -0.4 is 10.6 Å². The highest BCUT2D eigenvalue weighted by Crippen LogP contribution is 2.15. The number of thioether (sulfide) groups is 1. The van der Waals surface area contributed by atoms with E-state index in [1.54, 1.807) is 11.8 Å². The van der Waals surface area contributed by atoms with E-state index in [0.29, 0.717) is 0 Å². The molecule has 19 heavy (non-hydrogen) atoms. The number of carbonyl (C=O) groups is 1. The summed E-state index contributed by atoms with van der Waals surface area (Å²) >= 11 is 1.77. The second kappa shape index (κ2) is 9.23. The molecule has 0 spiro atoms. The fourth-order valence-corrected chi connectivity index (χ4v) is 2.85. The van der Waals surface area contributed by atoms with Crippen molar-refractivity contribution in [1.29, 1.82) is 0 Å². The quantitative estimate of drug-likeness (QED) is 0.648. The van der Waals surface area contributed by atoms with Crippen LogP contribution in [0.5, 0.6) is 0 Å². The van der Waals surface area contributed by atoms with Crippen LogP contribution in [0, 0.1) is 0 Å². The minimum Gasteiger partial charge on any atom is -0.354 e. The molecule has 0 aliphatic carbocycles. The van der Waals surface area contributed by atoms with Crippen LogP contribution in [0.2, 0.25) is 0 Å². The fraction of sp³-hybridized carbons (Fsp3) is 0.500. The lowest BCUT2D eigenvalue weighted by molar-refractivity contribution is -0.123. The van der Waals surface area contributed by atoms with Crippen LogP contribution in [-0.2, 0) is 4.79 Å². The Kier molecular flexibility index (Phi) is 7.94. The molecule has 106 valence electrons. The third-order valence-electron chi connectivity index (χ3n) is 3.04. The van der Waals surface area contributed by atoms with Crippen LogP contribution in [-0.4, -0.2) is 30.8 Å². The van der Waals surface area contributed by atoms with E-state index in [-0.39, 0.29) is 24.4 Å². The summed E-state index contributed by atoms with van der Waals surface area (Å²) in [6.07, 6.45) is 3.31. The Hall–Kier alpha value is -0.710. The number of amides is 1. The highest BCUT2D eigenvalue weighted by molar-refractivity contribution is 7.99. The summed E-state index contributed by atoms with van der Waals surface area (Å²) < 4.78 is 0. The van der Waals surface area contributed by atoms with Gasteiger partial charge in [0, 0.05) is 17.2 Å². The van der Waals surface area contributed by atoms with E-state index in [1.807, 2.05) is 18.2 Å². The molecule has 1 unspecified atom stereocenters. The fourth-order valence-electron chi connectivity index (χ4n) is 2.06. The van der Waals surface area contributed by atoms with Gasteiger partial charge in [-0.3, -0.25) is 4.79 Å². The van der Waals surface area contributed by atoms with E-state index < -0.39 is 0 Å². The minimum atomic E-state index is 0. The second-order valence-corrected chi connectivity index (χ2v) is 5.62. The highest BCUT2D eigenvalue weighted by atomic mass is 35.5. The first kappa shape index (κ1) is 16.3. The van der Waals surface area contributed by atoms with Crippen LogP contribution in [0.4, 0.5) is 0 Å². The van der Waals surface area contributed by atoms with E-state index in [9.17, 15) is 4.79 Å². The van der Waals surface area contributed by atoms with Crippen LogP contribution in [0.15, 0.2) is 35.2 Å². The van der Waals surface area contributed by atoms with Crippen molar-refractivity contribution in [1.82, 2.24) is 10.6 Å². The van der Waals surface area contributed by atoms with E-state index >= 15 is 0 Å². The molecule has 1 atom stereocenters. The van der Waals surface area contributed by atoms with Crippen molar-refractivity contribution in [3.05, 3.63) is 30.3 Å². The SMILES string of the molecule is Cl.O=C(NCCSc1ccccc1)C1CCCCN1. The number of benzene rings is 1. The maximum Gasteiger partial charge on any atom is 0.237 e. The van der Waals surface area contributed by atoms with Crippen molar-refractivity contribution >= 4 is 30.1 Å². The van der Waals surface area contributed by atoms with E-state index in [4.69, 9.17) is 0 Å². The molecule has 0 radical (unpaired) electrons. The van der Waals surface area contributed by atoms with Gasteiger partial charge in [0.2, 0.25) is 5.91 Å². The summed E-state index contributed by atoms with van der Waals surface area (Å²) in [6.45, 7) is 1.70. The molecule has 1 aromatic carbocycles. The van der Waals surface area contributed by atoms with Crippen molar-refractivity contribution in [3.63, 3.8) is 0 Å². The molecule has 1 aliphatic rings. The molecule has 0 bridgehead atoms. The normalized spacial score (nSPS) is 18.4. The molecule has 2 rings (SSSR count). The summed E-state index contributed by atoms with van der Waals surface area (Å²) in [5.74, 6) is 1.08. The number of halogens is 1.